The van der Waals surface area contributed by atoms with Crippen LogP contribution in [0.5, 0.6) is 5.75 Å². The van der Waals surface area contributed by atoms with E-state index < -0.39 is 0 Å². The molecule has 0 aliphatic heterocycles. The van der Waals surface area contributed by atoms with Gasteiger partial charge in [-0.15, -0.1) is 0 Å². The van der Waals surface area contributed by atoms with Gasteiger partial charge in [0.1, 0.15) is 11.6 Å². The molecule has 1 heterocycles. The number of ether oxygens (including phenoxy) is 1. The number of aromatic nitrogens is 1. The Kier molecular flexibility index (Phi) is 4.65. The molecule has 0 fully saturated rings. The van der Waals surface area contributed by atoms with Gasteiger partial charge in [0.2, 0.25) is 5.91 Å². The summed E-state index contributed by atoms with van der Waals surface area (Å²) in [5.41, 5.74) is 2.93. The topological polar surface area (TPSA) is 51.2 Å². The molecule has 3 aromatic rings. The van der Waals surface area contributed by atoms with E-state index >= 15 is 0 Å². The van der Waals surface area contributed by atoms with Gasteiger partial charge < -0.3 is 10.1 Å². The maximum Gasteiger partial charge on any atom is 0.226 e. The number of nitrogens with one attached hydrogen (secondary N) is 1. The fourth-order valence-electron chi connectivity index (χ4n) is 2.50. The normalized spacial score (nSPS) is 10.9. The molecule has 0 radical (unpaired) electrons. The SMILES string of the molecule is COc1cc(-c2ccc(F)cc2)nc2ccc(NC(=O)C(C)C)cc12. The second-order valence-electron chi connectivity index (χ2n) is 6.09. The minimum atomic E-state index is -0.290. The fraction of sp³-hybridized carbons (Fsp3) is 0.200. The second-order valence-corrected chi connectivity index (χ2v) is 6.09. The number of anilines is 1. The third kappa shape index (κ3) is 3.60. The molecule has 0 spiro atoms. The highest BCUT2D eigenvalue weighted by Crippen LogP contribution is 2.31. The maximum atomic E-state index is 13.1. The van der Waals surface area contributed by atoms with Crippen LogP contribution in [-0.2, 0) is 4.79 Å². The molecule has 0 bridgehead atoms. The number of rotatable bonds is 4. The zero-order chi connectivity index (χ0) is 18.0. The van der Waals surface area contributed by atoms with Crippen molar-refractivity contribution < 1.29 is 13.9 Å². The molecule has 4 nitrogen and oxygen atoms in total. The van der Waals surface area contributed by atoms with Crippen LogP contribution < -0.4 is 10.1 Å². The van der Waals surface area contributed by atoms with E-state index in [1.807, 2.05) is 38.1 Å². The predicted molar refractivity (Wildman–Crippen MR) is 97.2 cm³/mol. The van der Waals surface area contributed by atoms with Gasteiger partial charge in [-0.05, 0) is 42.5 Å². The lowest BCUT2D eigenvalue weighted by atomic mass is 10.1. The first kappa shape index (κ1) is 16.9. The minimum absolute atomic E-state index is 0.0470. The second kappa shape index (κ2) is 6.89. The molecule has 2 aromatic carbocycles. The average molecular weight is 338 g/mol. The molecule has 1 amide bonds. The Bertz CT molecular complexity index is 921. The first-order chi connectivity index (χ1) is 12.0. The Morgan fingerprint density at radius 1 is 1.12 bits per heavy atom. The van der Waals surface area contributed by atoms with Crippen LogP contribution in [0.1, 0.15) is 13.8 Å². The van der Waals surface area contributed by atoms with E-state index in [1.165, 1.54) is 12.1 Å². The molecule has 1 N–H and O–H groups in total. The van der Waals surface area contributed by atoms with E-state index in [2.05, 4.69) is 10.3 Å². The molecule has 0 aliphatic carbocycles. The molecule has 25 heavy (non-hydrogen) atoms. The Morgan fingerprint density at radius 2 is 1.84 bits per heavy atom. The Hall–Kier alpha value is -2.95. The van der Waals surface area contributed by atoms with Gasteiger partial charge in [0.25, 0.3) is 0 Å². The Labute approximate surface area is 145 Å². The largest absolute Gasteiger partial charge is 0.496 e. The maximum absolute atomic E-state index is 13.1. The molecule has 0 saturated heterocycles. The van der Waals surface area contributed by atoms with Gasteiger partial charge in [0.15, 0.2) is 0 Å². The monoisotopic (exact) mass is 338 g/mol. The standard InChI is InChI=1S/C20H19FN2O2/c1-12(2)20(24)22-15-8-9-17-16(10-15)19(25-3)11-18(23-17)13-4-6-14(21)7-5-13/h4-12H,1-3H3,(H,22,24). The molecule has 0 saturated carbocycles. The molecule has 0 aliphatic rings. The van der Waals surface area contributed by atoms with Crippen LogP contribution in [0.25, 0.3) is 22.2 Å². The van der Waals surface area contributed by atoms with Crippen LogP contribution in [-0.4, -0.2) is 18.0 Å². The van der Waals surface area contributed by atoms with Crippen LogP contribution in [0, 0.1) is 11.7 Å². The van der Waals surface area contributed by atoms with Crippen molar-refractivity contribution in [1.82, 2.24) is 4.98 Å². The van der Waals surface area contributed by atoms with Gasteiger partial charge in [-0.3, -0.25) is 4.79 Å². The highest BCUT2D eigenvalue weighted by Gasteiger charge is 2.11. The number of benzene rings is 2. The van der Waals surface area contributed by atoms with Gasteiger partial charge >= 0.3 is 0 Å². The zero-order valence-corrected chi connectivity index (χ0v) is 14.3. The summed E-state index contributed by atoms with van der Waals surface area (Å²) in [6.45, 7) is 3.68. The lowest BCUT2D eigenvalue weighted by Gasteiger charge is -2.12. The average Bonchev–Trinajstić information content (AvgIpc) is 2.61. The molecule has 5 heteroatoms. The third-order valence-electron chi connectivity index (χ3n) is 3.92. The number of pyridine rings is 1. The molecule has 3 rings (SSSR count). The number of methoxy groups -OCH3 is 1. The number of carbonyl (C=O) groups is 1. The first-order valence-electron chi connectivity index (χ1n) is 8.03. The van der Waals surface area contributed by atoms with E-state index in [4.69, 9.17) is 4.74 Å². The van der Waals surface area contributed by atoms with Gasteiger partial charge in [0, 0.05) is 28.6 Å². The van der Waals surface area contributed by atoms with Gasteiger partial charge in [-0.25, -0.2) is 9.37 Å². The summed E-state index contributed by atoms with van der Waals surface area (Å²) < 4.78 is 18.6. The van der Waals surface area contributed by atoms with Crippen molar-refractivity contribution >= 4 is 22.5 Å². The van der Waals surface area contributed by atoms with E-state index in [-0.39, 0.29) is 17.6 Å². The smallest absolute Gasteiger partial charge is 0.226 e. The van der Waals surface area contributed by atoms with Gasteiger partial charge in [-0.2, -0.15) is 0 Å². The number of nitrogens with zero attached hydrogens (tertiary/aromatic N) is 1. The molecule has 1 aromatic heterocycles. The van der Waals surface area contributed by atoms with Crippen LogP contribution >= 0.6 is 0 Å². The van der Waals surface area contributed by atoms with Crippen molar-refractivity contribution in [2.45, 2.75) is 13.8 Å². The summed E-state index contributed by atoms with van der Waals surface area (Å²) in [5, 5.41) is 3.67. The lowest BCUT2D eigenvalue weighted by Crippen LogP contribution is -2.17. The number of halogens is 1. The van der Waals surface area contributed by atoms with Crippen LogP contribution in [0.4, 0.5) is 10.1 Å². The Balaban J connectivity index is 2.05. The highest BCUT2D eigenvalue weighted by molar-refractivity contribution is 5.96. The highest BCUT2D eigenvalue weighted by atomic mass is 19.1. The molecule has 128 valence electrons. The summed E-state index contributed by atoms with van der Waals surface area (Å²) in [7, 11) is 1.59. The molecule has 0 unspecified atom stereocenters. The lowest BCUT2D eigenvalue weighted by molar-refractivity contribution is -0.118. The van der Waals surface area contributed by atoms with E-state index in [9.17, 15) is 9.18 Å². The van der Waals surface area contributed by atoms with Crippen molar-refractivity contribution in [3.05, 3.63) is 54.3 Å². The molecule has 0 atom stereocenters. The Morgan fingerprint density at radius 3 is 2.48 bits per heavy atom. The van der Waals surface area contributed by atoms with Crippen LogP contribution in [0.2, 0.25) is 0 Å². The third-order valence-corrected chi connectivity index (χ3v) is 3.92. The van der Waals surface area contributed by atoms with Crippen molar-refractivity contribution in [2.75, 3.05) is 12.4 Å². The summed E-state index contributed by atoms with van der Waals surface area (Å²) in [5.74, 6) is 0.206. The summed E-state index contributed by atoms with van der Waals surface area (Å²) >= 11 is 0. The van der Waals surface area contributed by atoms with Crippen molar-refractivity contribution in [2.24, 2.45) is 5.92 Å². The zero-order valence-electron chi connectivity index (χ0n) is 14.3. The summed E-state index contributed by atoms with van der Waals surface area (Å²) in [4.78, 5) is 16.5. The minimum Gasteiger partial charge on any atom is -0.496 e. The fourth-order valence-corrected chi connectivity index (χ4v) is 2.50. The van der Waals surface area contributed by atoms with E-state index in [0.717, 1.165) is 16.5 Å². The number of carbonyl (C=O) groups excluding carboxylic acids is 1. The number of amides is 1. The van der Waals surface area contributed by atoms with Crippen LogP contribution in [0.15, 0.2) is 48.5 Å². The van der Waals surface area contributed by atoms with E-state index in [0.29, 0.717) is 17.1 Å². The molecular weight excluding hydrogens is 319 g/mol. The van der Waals surface area contributed by atoms with E-state index in [1.54, 1.807) is 19.2 Å². The van der Waals surface area contributed by atoms with Crippen molar-refractivity contribution in [3.63, 3.8) is 0 Å². The number of hydrogen-bond donors (Lipinski definition) is 1. The van der Waals surface area contributed by atoms with Crippen molar-refractivity contribution in [1.29, 1.82) is 0 Å². The summed E-state index contributed by atoms with van der Waals surface area (Å²) in [6.07, 6.45) is 0. The van der Waals surface area contributed by atoms with Gasteiger partial charge in [0.05, 0.1) is 18.3 Å². The van der Waals surface area contributed by atoms with Gasteiger partial charge in [-0.1, -0.05) is 13.8 Å². The molecular formula is C20H19FN2O2. The quantitative estimate of drug-likeness (QED) is 0.754. The number of fused-ring (bicyclic) bond motifs is 1. The summed E-state index contributed by atoms with van der Waals surface area (Å²) in [6, 6.07) is 13.5. The first-order valence-corrected chi connectivity index (χ1v) is 8.03. The van der Waals surface area contributed by atoms with Crippen molar-refractivity contribution in [3.8, 4) is 17.0 Å². The predicted octanol–water partition coefficient (Wildman–Crippen LogP) is 4.64. The number of hydrogen-bond acceptors (Lipinski definition) is 3. The van der Waals surface area contributed by atoms with Crippen LogP contribution in [0.3, 0.4) is 0 Å².